The van der Waals surface area contributed by atoms with Crippen LogP contribution in [0.3, 0.4) is 0 Å². The first-order valence-corrected chi connectivity index (χ1v) is 24.7. The topological polar surface area (TPSA) is 102 Å². The number of esters is 2. The molecule has 0 aromatic rings. The first kappa shape index (κ1) is 58.5. The second kappa shape index (κ2) is 44.1. The molecule has 0 saturated heterocycles. The molecule has 2 unspecified atom stereocenters. The summed E-state index contributed by atoms with van der Waals surface area (Å²) in [6.45, 7) is 4.46. The van der Waals surface area contributed by atoms with Crippen molar-refractivity contribution in [2.75, 3.05) is 41.0 Å². The van der Waals surface area contributed by atoms with Gasteiger partial charge in [-0.25, -0.2) is 0 Å². The van der Waals surface area contributed by atoms with Crippen LogP contribution in [0.2, 0.25) is 0 Å². The highest BCUT2D eigenvalue weighted by Crippen LogP contribution is 2.14. The molecule has 0 aromatic carbocycles. The number of nitrogens with zero attached hydrogens (tertiary/aromatic N) is 1. The Labute approximate surface area is 380 Å². The number of allylic oxidation sites excluding steroid dienone is 14. The van der Waals surface area contributed by atoms with Crippen LogP contribution >= 0.6 is 0 Å². The van der Waals surface area contributed by atoms with Crippen LogP contribution in [0.4, 0.5) is 0 Å². The van der Waals surface area contributed by atoms with Crippen molar-refractivity contribution in [3.05, 3.63) is 85.1 Å². The summed E-state index contributed by atoms with van der Waals surface area (Å²) in [6.07, 6.45) is 57.6. The van der Waals surface area contributed by atoms with Gasteiger partial charge in [-0.15, -0.1) is 0 Å². The van der Waals surface area contributed by atoms with Gasteiger partial charge in [0.1, 0.15) is 12.6 Å². The number of unbranched alkanes of at least 4 members (excludes halogenated alkanes) is 19. The highest BCUT2D eigenvalue weighted by Gasteiger charge is 2.25. The van der Waals surface area contributed by atoms with Crippen LogP contribution in [0.1, 0.15) is 187 Å². The molecule has 0 aromatic heterocycles. The van der Waals surface area contributed by atoms with Gasteiger partial charge in [-0.3, -0.25) is 9.59 Å². The van der Waals surface area contributed by atoms with Gasteiger partial charge in [-0.05, 0) is 64.2 Å². The van der Waals surface area contributed by atoms with Gasteiger partial charge < -0.3 is 28.6 Å². The Morgan fingerprint density at radius 1 is 0.516 bits per heavy atom. The molecule has 0 spiro atoms. The minimum absolute atomic E-state index is 0.0186. The Balaban J connectivity index is 4.33. The van der Waals surface area contributed by atoms with Crippen molar-refractivity contribution in [1.29, 1.82) is 0 Å². The highest BCUT2D eigenvalue weighted by atomic mass is 16.6. The van der Waals surface area contributed by atoms with E-state index in [1.54, 1.807) is 21.1 Å². The lowest BCUT2D eigenvalue weighted by Crippen LogP contribution is -2.55. The van der Waals surface area contributed by atoms with E-state index in [2.05, 4.69) is 50.3 Å². The molecule has 0 aliphatic heterocycles. The molecule has 0 N–H and O–H groups in total. The van der Waals surface area contributed by atoms with E-state index in [4.69, 9.17) is 14.2 Å². The van der Waals surface area contributed by atoms with E-state index >= 15 is 0 Å². The molecular formula is C54H91NO7. The third-order valence-electron chi connectivity index (χ3n) is 10.6. The number of aliphatic carboxylic acids is 1. The molecule has 0 radical (unpaired) electrons. The van der Waals surface area contributed by atoms with Crippen molar-refractivity contribution in [3.8, 4) is 0 Å². The molecule has 0 aliphatic rings. The number of carbonyl (C=O) groups excluding carboxylic acids is 3. The van der Waals surface area contributed by atoms with E-state index < -0.39 is 18.1 Å². The van der Waals surface area contributed by atoms with Crippen molar-refractivity contribution in [3.63, 3.8) is 0 Å². The van der Waals surface area contributed by atoms with Gasteiger partial charge in [0, 0.05) is 19.3 Å². The summed E-state index contributed by atoms with van der Waals surface area (Å²) < 4.78 is 17.2. The van der Waals surface area contributed by atoms with Gasteiger partial charge in [-0.2, -0.15) is 0 Å². The van der Waals surface area contributed by atoms with Gasteiger partial charge in [0.05, 0.1) is 40.3 Å². The van der Waals surface area contributed by atoms with Crippen LogP contribution in [0, 0.1) is 0 Å². The van der Waals surface area contributed by atoms with E-state index in [-0.39, 0.29) is 42.7 Å². The summed E-state index contributed by atoms with van der Waals surface area (Å²) in [5.74, 6) is -1.81. The Morgan fingerprint density at radius 2 is 0.968 bits per heavy atom. The minimum atomic E-state index is -1.14. The Bertz CT molecular complexity index is 1290. The molecule has 0 fully saturated rings. The zero-order valence-electron chi connectivity index (χ0n) is 40.3. The number of hydrogen-bond acceptors (Lipinski definition) is 7. The van der Waals surface area contributed by atoms with Crippen LogP contribution in [-0.4, -0.2) is 75.5 Å². The van der Waals surface area contributed by atoms with Gasteiger partial charge in [-0.1, -0.05) is 189 Å². The van der Waals surface area contributed by atoms with Gasteiger partial charge in [0.15, 0.2) is 6.10 Å². The minimum Gasteiger partial charge on any atom is -0.544 e. The van der Waals surface area contributed by atoms with Crippen molar-refractivity contribution in [1.82, 2.24) is 0 Å². The first-order chi connectivity index (χ1) is 30.1. The molecule has 2 atom stereocenters. The standard InChI is InChI=1S/C54H91NO7/c1-6-8-10-12-14-16-18-20-22-23-24-25-26-27-28-29-31-33-35-37-39-41-43-45-53(57)62-50(48-60-47-46-51(54(58)59)55(3,4)5)49-61-52(56)44-42-40-38-36-34-32-30-21-19-17-15-13-11-9-7-2/h9,11,13,15,17,19,21,24-25,27-28,30,32,34,50-51H,6-8,10,12,14,16,18,20,22-23,26,29,31,33,35-49H2,1-5H3/b11-9+,15-13+,19-17+,25-24+,28-27+,30-21+,34-32+. The maximum absolute atomic E-state index is 12.8. The average molecular weight is 866 g/mol. The molecule has 0 saturated carbocycles. The largest absolute Gasteiger partial charge is 0.544 e. The van der Waals surface area contributed by atoms with Crippen molar-refractivity contribution in [2.45, 2.75) is 199 Å². The summed E-state index contributed by atoms with van der Waals surface area (Å²) in [4.78, 5) is 37.0. The number of rotatable bonds is 43. The van der Waals surface area contributed by atoms with Crippen molar-refractivity contribution < 1.29 is 38.2 Å². The van der Waals surface area contributed by atoms with Crippen LogP contribution in [0.25, 0.3) is 0 Å². The average Bonchev–Trinajstić information content (AvgIpc) is 3.23. The number of carboxylic acids is 1. The number of carboxylic acid groups (broad SMARTS) is 1. The number of hydrogen-bond donors (Lipinski definition) is 0. The number of quaternary nitrogens is 1. The second-order valence-electron chi connectivity index (χ2n) is 17.4. The normalized spacial score (nSPS) is 13.6. The summed E-state index contributed by atoms with van der Waals surface area (Å²) in [5, 5.41) is 11.6. The van der Waals surface area contributed by atoms with E-state index in [1.165, 1.54) is 83.5 Å². The predicted octanol–water partition coefficient (Wildman–Crippen LogP) is 12.7. The fourth-order valence-corrected chi connectivity index (χ4v) is 6.83. The molecular weight excluding hydrogens is 775 g/mol. The van der Waals surface area contributed by atoms with Crippen LogP contribution < -0.4 is 5.11 Å². The first-order valence-electron chi connectivity index (χ1n) is 24.7. The molecule has 62 heavy (non-hydrogen) atoms. The van der Waals surface area contributed by atoms with Crippen LogP contribution in [0.5, 0.6) is 0 Å². The SMILES string of the molecule is CC/C=C/C=C/C=C/C=C/C=C/CCCCCC(=O)OCC(COCCC(C(=O)[O-])[N+](C)(C)C)OC(=O)CCCCCCCCC/C=C/C/C=C/CCCCCCCCCCC. The van der Waals surface area contributed by atoms with Crippen LogP contribution in [-0.2, 0) is 28.6 Å². The zero-order chi connectivity index (χ0) is 45.6. The highest BCUT2D eigenvalue weighted by molar-refractivity contribution is 5.70. The van der Waals surface area contributed by atoms with E-state index in [0.29, 0.717) is 12.8 Å². The summed E-state index contributed by atoms with van der Waals surface area (Å²) >= 11 is 0. The summed E-state index contributed by atoms with van der Waals surface area (Å²) in [7, 11) is 5.39. The second-order valence-corrected chi connectivity index (χ2v) is 17.4. The van der Waals surface area contributed by atoms with E-state index in [9.17, 15) is 19.5 Å². The van der Waals surface area contributed by atoms with Gasteiger partial charge >= 0.3 is 11.9 Å². The van der Waals surface area contributed by atoms with Gasteiger partial charge in [0.2, 0.25) is 0 Å². The van der Waals surface area contributed by atoms with E-state index in [0.717, 1.165) is 70.6 Å². The smallest absolute Gasteiger partial charge is 0.306 e. The molecule has 8 nitrogen and oxygen atoms in total. The van der Waals surface area contributed by atoms with Crippen molar-refractivity contribution in [2.24, 2.45) is 0 Å². The lowest BCUT2D eigenvalue weighted by Gasteiger charge is -2.34. The van der Waals surface area contributed by atoms with E-state index in [1.807, 2.05) is 48.6 Å². The lowest BCUT2D eigenvalue weighted by molar-refractivity contribution is -0.889. The maximum Gasteiger partial charge on any atom is 0.306 e. The number of carbonyl (C=O) groups is 3. The zero-order valence-corrected chi connectivity index (χ0v) is 40.3. The maximum atomic E-state index is 12.8. The molecule has 0 bridgehead atoms. The number of likely N-dealkylation sites (N-methyl/N-ethyl adjacent to an activating group) is 1. The molecule has 0 heterocycles. The van der Waals surface area contributed by atoms with Crippen molar-refractivity contribution >= 4 is 17.9 Å². The molecule has 0 rings (SSSR count). The molecule has 354 valence electrons. The summed E-state index contributed by atoms with van der Waals surface area (Å²) in [5.41, 5.74) is 0. The Morgan fingerprint density at radius 3 is 1.48 bits per heavy atom. The van der Waals surface area contributed by atoms with Crippen LogP contribution in [0.15, 0.2) is 85.1 Å². The fourth-order valence-electron chi connectivity index (χ4n) is 6.83. The predicted molar refractivity (Wildman–Crippen MR) is 258 cm³/mol. The fraction of sp³-hybridized carbons (Fsp3) is 0.685. The molecule has 8 heteroatoms. The third-order valence-corrected chi connectivity index (χ3v) is 10.6. The Hall–Kier alpha value is -3.49. The molecule has 0 amide bonds. The van der Waals surface area contributed by atoms with Gasteiger partial charge in [0.25, 0.3) is 0 Å². The number of ether oxygens (including phenoxy) is 3. The quantitative estimate of drug-likeness (QED) is 0.0198. The molecule has 0 aliphatic carbocycles. The third kappa shape index (κ3) is 41.8. The summed E-state index contributed by atoms with van der Waals surface area (Å²) in [6, 6.07) is -0.739. The Kier molecular flexibility index (Phi) is 41.6. The monoisotopic (exact) mass is 866 g/mol. The lowest BCUT2D eigenvalue weighted by atomic mass is 10.1.